The van der Waals surface area contributed by atoms with Gasteiger partial charge in [-0.15, -0.1) is 0 Å². The summed E-state index contributed by atoms with van der Waals surface area (Å²) in [6, 6.07) is 17.1. The van der Waals surface area contributed by atoms with Crippen molar-refractivity contribution in [2.75, 3.05) is 13.1 Å². The molecule has 0 atom stereocenters. The third-order valence-corrected chi connectivity index (χ3v) is 9.36. The van der Waals surface area contributed by atoms with Crippen LogP contribution in [0.3, 0.4) is 0 Å². The molecule has 5 rings (SSSR count). The van der Waals surface area contributed by atoms with Crippen LogP contribution in [0.1, 0.15) is 42.4 Å². The lowest BCUT2D eigenvalue weighted by atomic mass is 10.1. The molecule has 7 nitrogen and oxygen atoms in total. The number of hydrogen-bond donors (Lipinski definition) is 1. The molecule has 0 aliphatic carbocycles. The minimum Gasteiger partial charge on any atom is -0.494 e. The fraction of sp³-hybridized carbons (Fsp3) is 0.267. The first kappa shape index (κ1) is 27.1. The summed E-state index contributed by atoms with van der Waals surface area (Å²) in [6.07, 6.45) is 5.13. The summed E-state index contributed by atoms with van der Waals surface area (Å²) in [7, 11) is -3.70. The number of hydrogen-bond acceptors (Lipinski definition) is 5. The summed E-state index contributed by atoms with van der Waals surface area (Å²) >= 11 is 6.43. The molecule has 0 bridgehead atoms. The van der Waals surface area contributed by atoms with Gasteiger partial charge in [0.25, 0.3) is 5.56 Å². The van der Waals surface area contributed by atoms with E-state index in [4.69, 9.17) is 11.6 Å². The van der Waals surface area contributed by atoms with E-state index in [-0.39, 0.29) is 27.0 Å². The average Bonchev–Trinajstić information content (AvgIpc) is 3.21. The predicted molar refractivity (Wildman–Crippen MR) is 157 cm³/mol. The first-order valence-corrected chi connectivity index (χ1v) is 14.8. The minimum atomic E-state index is -3.70. The van der Waals surface area contributed by atoms with Crippen molar-refractivity contribution in [3.05, 3.63) is 92.7 Å². The minimum absolute atomic E-state index is 0.121. The number of pyridine rings is 1. The number of aryl methyl sites for hydroxylation is 2. The van der Waals surface area contributed by atoms with Gasteiger partial charge >= 0.3 is 0 Å². The zero-order chi connectivity index (χ0) is 27.7. The van der Waals surface area contributed by atoms with Crippen LogP contribution in [-0.4, -0.2) is 41.7 Å². The highest BCUT2D eigenvalue weighted by atomic mass is 35.5. The van der Waals surface area contributed by atoms with Crippen LogP contribution in [0.2, 0.25) is 5.02 Å². The second-order valence-electron chi connectivity index (χ2n) is 9.90. The normalized spacial score (nSPS) is 15.2. The summed E-state index contributed by atoms with van der Waals surface area (Å²) < 4.78 is 29.5. The Morgan fingerprint density at radius 2 is 1.62 bits per heavy atom. The van der Waals surface area contributed by atoms with Crippen LogP contribution in [0.15, 0.2) is 75.3 Å². The molecular formula is C30H30ClN3O4S. The van der Waals surface area contributed by atoms with Crippen molar-refractivity contribution in [2.24, 2.45) is 4.99 Å². The molecule has 0 amide bonds. The standard InChI is InChI=1S/C30H30ClN3O4S/c1-20-11-14-28(21(2)17-20)34-29(35)24-10-6-5-9-23(24)25(30(34)36)19-32-27-18-22(12-13-26(27)31)39(37,38)33-15-7-3-4-8-16-33/h5-6,9-14,17-19,36H,3-4,7-8,15-16H2,1-2H3. The molecule has 1 N–H and O–H groups in total. The third kappa shape index (κ3) is 5.24. The fourth-order valence-electron chi connectivity index (χ4n) is 5.09. The van der Waals surface area contributed by atoms with Gasteiger partial charge in [0.15, 0.2) is 0 Å². The molecule has 0 saturated carbocycles. The number of aliphatic imine (C=N–C) groups is 1. The molecule has 0 unspecified atom stereocenters. The molecule has 9 heteroatoms. The molecule has 3 aromatic carbocycles. The maximum atomic E-state index is 13.5. The molecule has 202 valence electrons. The van der Waals surface area contributed by atoms with E-state index in [0.717, 1.165) is 36.8 Å². The highest BCUT2D eigenvalue weighted by molar-refractivity contribution is 7.89. The van der Waals surface area contributed by atoms with Crippen LogP contribution in [0.5, 0.6) is 5.88 Å². The first-order valence-electron chi connectivity index (χ1n) is 13.0. The molecule has 1 aliphatic heterocycles. The van der Waals surface area contributed by atoms with E-state index in [9.17, 15) is 18.3 Å². The van der Waals surface area contributed by atoms with Crippen molar-refractivity contribution in [1.82, 2.24) is 8.87 Å². The van der Waals surface area contributed by atoms with Crippen molar-refractivity contribution in [2.45, 2.75) is 44.4 Å². The van der Waals surface area contributed by atoms with Crippen molar-refractivity contribution in [3.63, 3.8) is 0 Å². The van der Waals surface area contributed by atoms with Gasteiger partial charge in [-0.1, -0.05) is 60.3 Å². The molecule has 1 aromatic heterocycles. The molecule has 0 spiro atoms. The van der Waals surface area contributed by atoms with E-state index in [2.05, 4.69) is 4.99 Å². The highest BCUT2D eigenvalue weighted by Crippen LogP contribution is 2.32. The Morgan fingerprint density at radius 1 is 0.923 bits per heavy atom. The average molecular weight is 564 g/mol. The SMILES string of the molecule is Cc1ccc(-n2c(O)c(C=Nc3cc(S(=O)(=O)N4CCCCCC4)ccc3Cl)c3ccccc3c2=O)c(C)c1. The number of rotatable bonds is 5. The van der Waals surface area contributed by atoms with Gasteiger partial charge in [0.05, 0.1) is 26.9 Å². The zero-order valence-electron chi connectivity index (χ0n) is 21.9. The predicted octanol–water partition coefficient (Wildman–Crippen LogP) is 6.28. The van der Waals surface area contributed by atoms with Crippen LogP contribution >= 0.6 is 11.6 Å². The number of sulfonamides is 1. The van der Waals surface area contributed by atoms with Gasteiger partial charge in [0.2, 0.25) is 15.9 Å². The van der Waals surface area contributed by atoms with Crippen molar-refractivity contribution in [1.29, 1.82) is 0 Å². The van der Waals surface area contributed by atoms with Gasteiger partial charge in [0.1, 0.15) is 0 Å². The lowest BCUT2D eigenvalue weighted by molar-refractivity contribution is 0.423. The lowest BCUT2D eigenvalue weighted by Crippen LogP contribution is -2.31. The van der Waals surface area contributed by atoms with E-state index >= 15 is 0 Å². The molecular weight excluding hydrogens is 534 g/mol. The molecule has 4 aromatic rings. The maximum absolute atomic E-state index is 13.5. The smallest absolute Gasteiger partial charge is 0.265 e. The van der Waals surface area contributed by atoms with Gasteiger partial charge < -0.3 is 5.11 Å². The monoisotopic (exact) mass is 563 g/mol. The number of fused-ring (bicyclic) bond motifs is 1. The third-order valence-electron chi connectivity index (χ3n) is 7.15. The van der Waals surface area contributed by atoms with Crippen molar-refractivity contribution < 1.29 is 13.5 Å². The number of halogens is 1. The summed E-state index contributed by atoms with van der Waals surface area (Å²) in [4.78, 5) is 18.1. The Balaban J connectivity index is 1.63. The van der Waals surface area contributed by atoms with E-state index in [1.165, 1.54) is 33.3 Å². The van der Waals surface area contributed by atoms with Gasteiger partial charge in [-0.05, 0) is 62.6 Å². The van der Waals surface area contributed by atoms with Crippen molar-refractivity contribution >= 4 is 44.3 Å². The Bertz CT molecular complexity index is 1750. The number of nitrogens with zero attached hydrogens (tertiary/aromatic N) is 3. The van der Waals surface area contributed by atoms with Crippen LogP contribution in [-0.2, 0) is 10.0 Å². The van der Waals surface area contributed by atoms with Gasteiger partial charge in [-0.25, -0.2) is 13.0 Å². The molecule has 2 heterocycles. The second-order valence-corrected chi connectivity index (χ2v) is 12.2. The van der Waals surface area contributed by atoms with E-state index in [0.29, 0.717) is 35.1 Å². The summed E-state index contributed by atoms with van der Waals surface area (Å²) in [5.74, 6) is -0.265. The number of benzene rings is 3. The Labute approximate surface area is 233 Å². The summed E-state index contributed by atoms with van der Waals surface area (Å²) in [5, 5.41) is 12.6. The first-order chi connectivity index (χ1) is 18.7. The largest absolute Gasteiger partial charge is 0.494 e. The molecule has 39 heavy (non-hydrogen) atoms. The van der Waals surface area contributed by atoms with Crippen LogP contribution in [0.25, 0.3) is 16.5 Å². The zero-order valence-corrected chi connectivity index (χ0v) is 23.5. The number of aromatic hydroxyl groups is 1. The fourth-order valence-corrected chi connectivity index (χ4v) is 6.79. The lowest BCUT2D eigenvalue weighted by Gasteiger charge is -2.20. The highest BCUT2D eigenvalue weighted by Gasteiger charge is 2.26. The molecule has 1 saturated heterocycles. The van der Waals surface area contributed by atoms with Crippen LogP contribution in [0.4, 0.5) is 5.69 Å². The second kappa shape index (κ2) is 11.0. The summed E-state index contributed by atoms with van der Waals surface area (Å²) in [6.45, 7) is 4.82. The van der Waals surface area contributed by atoms with E-state index in [1.807, 2.05) is 26.0 Å². The van der Waals surface area contributed by atoms with Gasteiger partial charge in [0, 0.05) is 30.1 Å². The number of aromatic nitrogens is 1. The molecule has 1 fully saturated rings. The summed E-state index contributed by atoms with van der Waals surface area (Å²) in [5.41, 5.74) is 2.65. The van der Waals surface area contributed by atoms with Gasteiger partial charge in [-0.2, -0.15) is 4.31 Å². The van der Waals surface area contributed by atoms with Crippen molar-refractivity contribution in [3.8, 4) is 11.6 Å². The van der Waals surface area contributed by atoms with Crippen LogP contribution < -0.4 is 5.56 Å². The van der Waals surface area contributed by atoms with Gasteiger partial charge in [-0.3, -0.25) is 9.79 Å². The molecule has 0 radical (unpaired) electrons. The topological polar surface area (TPSA) is 92.0 Å². The quantitative estimate of drug-likeness (QED) is 0.289. The Morgan fingerprint density at radius 3 is 2.31 bits per heavy atom. The molecule has 1 aliphatic rings. The van der Waals surface area contributed by atoms with E-state index in [1.54, 1.807) is 30.3 Å². The van der Waals surface area contributed by atoms with E-state index < -0.39 is 10.0 Å². The Kier molecular flexibility index (Phi) is 7.62. The maximum Gasteiger partial charge on any atom is 0.265 e. The van der Waals surface area contributed by atoms with Crippen LogP contribution in [0, 0.1) is 13.8 Å². The Hall–Kier alpha value is -3.46.